The van der Waals surface area contributed by atoms with Gasteiger partial charge in [-0.1, -0.05) is 34.6 Å². The molecule has 0 aliphatic heterocycles. The number of nitrogens with one attached hydrogen (secondary N) is 2. The van der Waals surface area contributed by atoms with Gasteiger partial charge >= 0.3 is 5.97 Å². The van der Waals surface area contributed by atoms with Crippen LogP contribution in [-0.2, 0) is 14.4 Å². The highest BCUT2D eigenvalue weighted by molar-refractivity contribution is 5.88. The maximum absolute atomic E-state index is 11.5. The summed E-state index contributed by atoms with van der Waals surface area (Å²) in [6.07, 6.45) is 0.312. The van der Waals surface area contributed by atoms with E-state index in [0.717, 1.165) is 0 Å². The van der Waals surface area contributed by atoms with Crippen molar-refractivity contribution in [2.45, 2.75) is 47.1 Å². The molecule has 0 aliphatic carbocycles. The molecule has 6 heteroatoms. The molecule has 19 heavy (non-hydrogen) atoms. The van der Waals surface area contributed by atoms with Gasteiger partial charge in [0.2, 0.25) is 11.8 Å². The largest absolute Gasteiger partial charge is 0.480 e. The zero-order valence-electron chi connectivity index (χ0n) is 12.2. The van der Waals surface area contributed by atoms with E-state index in [4.69, 9.17) is 5.11 Å². The summed E-state index contributed by atoms with van der Waals surface area (Å²) in [7, 11) is 0. The number of aliphatic carboxylic acids is 1. The van der Waals surface area contributed by atoms with Crippen molar-refractivity contribution >= 4 is 17.8 Å². The van der Waals surface area contributed by atoms with Gasteiger partial charge in [-0.25, -0.2) is 4.79 Å². The summed E-state index contributed by atoms with van der Waals surface area (Å²) in [6.45, 7) is 8.98. The highest BCUT2D eigenvalue weighted by atomic mass is 16.4. The van der Waals surface area contributed by atoms with Crippen LogP contribution in [0.1, 0.15) is 41.0 Å². The summed E-state index contributed by atoms with van der Waals surface area (Å²) in [4.78, 5) is 34.0. The first-order chi connectivity index (χ1) is 8.53. The Hall–Kier alpha value is -1.59. The number of hydrogen-bond donors (Lipinski definition) is 3. The highest BCUT2D eigenvalue weighted by Gasteiger charge is 2.23. The van der Waals surface area contributed by atoms with Gasteiger partial charge in [-0.3, -0.25) is 9.59 Å². The maximum atomic E-state index is 11.5. The molecule has 0 aromatic rings. The van der Waals surface area contributed by atoms with Crippen LogP contribution in [0.15, 0.2) is 0 Å². The van der Waals surface area contributed by atoms with E-state index in [1.165, 1.54) is 0 Å². The third-order valence-electron chi connectivity index (χ3n) is 2.39. The lowest BCUT2D eigenvalue weighted by atomic mass is 9.92. The molecule has 0 heterocycles. The summed E-state index contributed by atoms with van der Waals surface area (Å²) in [6, 6.07) is -0.938. The first-order valence-corrected chi connectivity index (χ1v) is 6.32. The fraction of sp³-hybridized carbons (Fsp3) is 0.769. The smallest absolute Gasteiger partial charge is 0.326 e. The Labute approximate surface area is 113 Å². The van der Waals surface area contributed by atoms with Gasteiger partial charge in [-0.05, 0) is 11.3 Å². The standard InChI is InChI=1S/C13H24N2O4/c1-8(2)11(12(18)19)15-10(17)7-14-9(16)6-13(3,4)5/h8,11H,6-7H2,1-5H3,(H,14,16)(H,15,17)(H,18,19). The minimum absolute atomic E-state index is 0.151. The molecule has 2 amide bonds. The molecule has 0 aromatic carbocycles. The Kier molecular flexibility index (Phi) is 6.52. The van der Waals surface area contributed by atoms with Crippen LogP contribution in [0.2, 0.25) is 0 Å². The van der Waals surface area contributed by atoms with Crippen LogP contribution in [-0.4, -0.2) is 35.5 Å². The number of carbonyl (C=O) groups excluding carboxylic acids is 2. The predicted octanol–water partition coefficient (Wildman–Crippen LogP) is 0.764. The normalized spacial score (nSPS) is 12.9. The van der Waals surface area contributed by atoms with Crippen LogP contribution >= 0.6 is 0 Å². The number of carbonyl (C=O) groups is 3. The second kappa shape index (κ2) is 7.11. The monoisotopic (exact) mass is 272 g/mol. The number of hydrogen-bond acceptors (Lipinski definition) is 3. The summed E-state index contributed by atoms with van der Waals surface area (Å²) < 4.78 is 0. The third-order valence-corrected chi connectivity index (χ3v) is 2.39. The fourth-order valence-corrected chi connectivity index (χ4v) is 1.46. The van der Waals surface area contributed by atoms with Gasteiger partial charge in [0, 0.05) is 6.42 Å². The van der Waals surface area contributed by atoms with Gasteiger partial charge in [0.1, 0.15) is 6.04 Å². The second-order valence-corrected chi connectivity index (χ2v) is 6.14. The summed E-state index contributed by atoms with van der Waals surface area (Å²) in [5, 5.41) is 13.8. The average molecular weight is 272 g/mol. The van der Waals surface area contributed by atoms with Crippen LogP contribution in [0.4, 0.5) is 0 Å². The van der Waals surface area contributed by atoms with E-state index in [-0.39, 0.29) is 23.8 Å². The zero-order chi connectivity index (χ0) is 15.2. The van der Waals surface area contributed by atoms with E-state index >= 15 is 0 Å². The molecule has 0 fully saturated rings. The molecular weight excluding hydrogens is 248 g/mol. The van der Waals surface area contributed by atoms with Crippen molar-refractivity contribution < 1.29 is 19.5 Å². The molecule has 0 rings (SSSR count). The van der Waals surface area contributed by atoms with Crippen LogP contribution in [0.5, 0.6) is 0 Å². The van der Waals surface area contributed by atoms with E-state index in [1.54, 1.807) is 13.8 Å². The lowest BCUT2D eigenvalue weighted by Gasteiger charge is -2.19. The minimum atomic E-state index is -1.08. The molecule has 0 spiro atoms. The fourth-order valence-electron chi connectivity index (χ4n) is 1.46. The Morgan fingerprint density at radius 2 is 1.63 bits per heavy atom. The molecule has 0 radical (unpaired) electrons. The van der Waals surface area contributed by atoms with Crippen LogP contribution in [0, 0.1) is 11.3 Å². The van der Waals surface area contributed by atoms with Gasteiger partial charge in [0.25, 0.3) is 0 Å². The number of amides is 2. The molecule has 3 N–H and O–H groups in total. The van der Waals surface area contributed by atoms with Crippen molar-refractivity contribution in [2.75, 3.05) is 6.54 Å². The van der Waals surface area contributed by atoms with Crippen molar-refractivity contribution in [3.63, 3.8) is 0 Å². The molecule has 0 bridgehead atoms. The molecular formula is C13H24N2O4. The minimum Gasteiger partial charge on any atom is -0.480 e. The molecule has 0 aliphatic rings. The highest BCUT2D eigenvalue weighted by Crippen LogP contribution is 2.17. The average Bonchev–Trinajstić information content (AvgIpc) is 2.19. The predicted molar refractivity (Wildman–Crippen MR) is 71.5 cm³/mol. The van der Waals surface area contributed by atoms with Gasteiger partial charge < -0.3 is 15.7 Å². The van der Waals surface area contributed by atoms with Crippen molar-refractivity contribution in [2.24, 2.45) is 11.3 Å². The number of rotatable bonds is 6. The Morgan fingerprint density at radius 1 is 1.11 bits per heavy atom. The molecule has 110 valence electrons. The quantitative estimate of drug-likeness (QED) is 0.665. The molecule has 6 nitrogen and oxygen atoms in total. The topological polar surface area (TPSA) is 95.5 Å². The first kappa shape index (κ1) is 17.4. The lowest BCUT2D eigenvalue weighted by molar-refractivity contribution is -0.143. The first-order valence-electron chi connectivity index (χ1n) is 6.32. The van der Waals surface area contributed by atoms with Crippen molar-refractivity contribution in [3.05, 3.63) is 0 Å². The summed E-state index contributed by atoms with van der Waals surface area (Å²) >= 11 is 0. The Bertz CT molecular complexity index is 345. The van der Waals surface area contributed by atoms with Crippen LogP contribution in [0.25, 0.3) is 0 Å². The maximum Gasteiger partial charge on any atom is 0.326 e. The second-order valence-electron chi connectivity index (χ2n) is 6.14. The molecule has 0 saturated carbocycles. The van der Waals surface area contributed by atoms with Gasteiger partial charge in [0.05, 0.1) is 6.54 Å². The number of carboxylic acids is 1. The van der Waals surface area contributed by atoms with Gasteiger partial charge in [-0.15, -0.1) is 0 Å². The van der Waals surface area contributed by atoms with E-state index in [1.807, 2.05) is 20.8 Å². The van der Waals surface area contributed by atoms with Crippen molar-refractivity contribution in [1.29, 1.82) is 0 Å². The van der Waals surface area contributed by atoms with E-state index in [9.17, 15) is 14.4 Å². The van der Waals surface area contributed by atoms with E-state index in [0.29, 0.717) is 6.42 Å². The Morgan fingerprint density at radius 3 is 2.00 bits per heavy atom. The number of carboxylic acid groups (broad SMARTS) is 1. The van der Waals surface area contributed by atoms with E-state index < -0.39 is 17.9 Å². The van der Waals surface area contributed by atoms with Gasteiger partial charge in [-0.2, -0.15) is 0 Å². The summed E-state index contributed by atoms with van der Waals surface area (Å²) in [5.74, 6) is -2.02. The molecule has 0 saturated heterocycles. The molecule has 1 atom stereocenters. The SMILES string of the molecule is CC(C)C(NC(=O)CNC(=O)CC(C)(C)C)C(=O)O. The van der Waals surface area contributed by atoms with Gasteiger partial charge in [0.15, 0.2) is 0 Å². The van der Waals surface area contributed by atoms with Crippen molar-refractivity contribution in [1.82, 2.24) is 10.6 Å². The zero-order valence-corrected chi connectivity index (χ0v) is 12.2. The van der Waals surface area contributed by atoms with Crippen molar-refractivity contribution in [3.8, 4) is 0 Å². The Balaban J connectivity index is 4.19. The van der Waals surface area contributed by atoms with E-state index in [2.05, 4.69) is 10.6 Å². The molecule has 0 aromatic heterocycles. The van der Waals surface area contributed by atoms with Crippen LogP contribution < -0.4 is 10.6 Å². The summed E-state index contributed by atoms with van der Waals surface area (Å²) in [5.41, 5.74) is -0.151. The van der Waals surface area contributed by atoms with Crippen LogP contribution in [0.3, 0.4) is 0 Å². The third kappa shape index (κ3) is 8.18. The lowest BCUT2D eigenvalue weighted by Crippen LogP contribution is -2.48. The molecule has 1 unspecified atom stereocenters.